The van der Waals surface area contributed by atoms with E-state index in [9.17, 15) is 9.50 Å². The molecule has 2 N–H and O–H groups in total. The van der Waals surface area contributed by atoms with Gasteiger partial charge in [-0.1, -0.05) is 54.1 Å². The summed E-state index contributed by atoms with van der Waals surface area (Å²) >= 11 is 5.72. The van der Waals surface area contributed by atoms with Gasteiger partial charge in [-0.2, -0.15) is 0 Å². The molecule has 21 heavy (non-hydrogen) atoms. The fraction of sp³-hybridized carbons (Fsp3) is 0.294. The van der Waals surface area contributed by atoms with Crippen LogP contribution >= 0.6 is 11.6 Å². The summed E-state index contributed by atoms with van der Waals surface area (Å²) in [5.74, 6) is -0.552. The molecule has 2 rings (SSSR count). The smallest absolute Gasteiger partial charge is 0.147 e. The third-order valence-corrected chi connectivity index (χ3v) is 3.68. The van der Waals surface area contributed by atoms with Crippen molar-refractivity contribution in [1.82, 2.24) is 5.32 Å². The molecule has 0 fully saturated rings. The van der Waals surface area contributed by atoms with E-state index in [4.69, 9.17) is 11.6 Å². The van der Waals surface area contributed by atoms with E-state index in [0.29, 0.717) is 0 Å². The zero-order chi connectivity index (χ0) is 15.2. The zero-order valence-electron chi connectivity index (χ0n) is 11.9. The van der Waals surface area contributed by atoms with Crippen LogP contribution < -0.4 is 5.32 Å². The molecular weight excluding hydrogens is 289 g/mol. The highest BCUT2D eigenvalue weighted by Crippen LogP contribution is 2.23. The highest BCUT2D eigenvalue weighted by molar-refractivity contribution is 6.30. The number of benzene rings is 2. The van der Waals surface area contributed by atoms with Crippen molar-refractivity contribution in [2.24, 2.45) is 0 Å². The lowest BCUT2D eigenvalue weighted by Crippen LogP contribution is -2.32. The summed E-state index contributed by atoms with van der Waals surface area (Å²) in [6.45, 7) is 2.32. The van der Waals surface area contributed by atoms with Gasteiger partial charge in [0.05, 0.1) is 11.1 Å². The fourth-order valence-corrected chi connectivity index (χ4v) is 2.42. The second kappa shape index (κ2) is 7.55. The van der Waals surface area contributed by atoms with Crippen molar-refractivity contribution >= 4 is 11.6 Å². The molecule has 0 aliphatic carbocycles. The van der Waals surface area contributed by atoms with Crippen molar-refractivity contribution in [3.8, 4) is 0 Å². The summed E-state index contributed by atoms with van der Waals surface area (Å²) in [4.78, 5) is 0. The molecule has 0 spiro atoms. The summed E-state index contributed by atoms with van der Waals surface area (Å²) < 4.78 is 13.8. The minimum atomic E-state index is -0.915. The molecule has 0 amide bonds. The molecular formula is C17H19ClFNO. The minimum absolute atomic E-state index is 0.0314. The van der Waals surface area contributed by atoms with Crippen LogP contribution in [0.2, 0.25) is 5.02 Å². The molecule has 112 valence electrons. The van der Waals surface area contributed by atoms with Gasteiger partial charge in [0.2, 0.25) is 0 Å². The van der Waals surface area contributed by atoms with Gasteiger partial charge in [-0.15, -0.1) is 0 Å². The monoisotopic (exact) mass is 307 g/mol. The molecule has 4 heteroatoms. The van der Waals surface area contributed by atoms with Crippen LogP contribution in [0.15, 0.2) is 48.5 Å². The second-order valence-corrected chi connectivity index (χ2v) is 5.57. The summed E-state index contributed by atoms with van der Waals surface area (Å²) in [6.07, 6.45) is -0.0621. The van der Waals surface area contributed by atoms with Crippen LogP contribution in [-0.2, 0) is 6.42 Å². The maximum absolute atomic E-state index is 13.8. The molecule has 2 aromatic carbocycles. The van der Waals surface area contributed by atoms with Crippen LogP contribution in [0.1, 0.15) is 24.2 Å². The van der Waals surface area contributed by atoms with E-state index >= 15 is 0 Å². The Labute approximate surface area is 129 Å². The van der Waals surface area contributed by atoms with Gasteiger partial charge in [-0.25, -0.2) is 4.39 Å². The molecule has 2 atom stereocenters. The average Bonchev–Trinajstić information content (AvgIpc) is 2.48. The normalized spacial score (nSPS) is 13.9. The van der Waals surface area contributed by atoms with E-state index in [1.54, 1.807) is 12.1 Å². The summed E-state index contributed by atoms with van der Waals surface area (Å²) in [7, 11) is 0. The number of aliphatic hydroxyl groups is 1. The first-order valence-corrected chi connectivity index (χ1v) is 7.35. The van der Waals surface area contributed by atoms with E-state index in [0.717, 1.165) is 6.42 Å². The van der Waals surface area contributed by atoms with Crippen LogP contribution in [0.5, 0.6) is 0 Å². The summed E-state index contributed by atoms with van der Waals surface area (Å²) in [6, 6.07) is 14.9. The number of aliphatic hydroxyl groups excluding tert-OH is 1. The van der Waals surface area contributed by atoms with Crippen molar-refractivity contribution in [3.63, 3.8) is 0 Å². The molecule has 2 aromatic rings. The number of hydrogen-bond acceptors (Lipinski definition) is 2. The van der Waals surface area contributed by atoms with Gasteiger partial charge in [-0.05, 0) is 25.0 Å². The lowest BCUT2D eigenvalue weighted by Gasteiger charge is -2.18. The topological polar surface area (TPSA) is 32.3 Å². The van der Waals surface area contributed by atoms with Crippen molar-refractivity contribution in [2.75, 3.05) is 6.54 Å². The molecule has 0 saturated heterocycles. The van der Waals surface area contributed by atoms with Gasteiger partial charge in [0.1, 0.15) is 5.82 Å². The van der Waals surface area contributed by atoms with Gasteiger partial charge in [0.25, 0.3) is 0 Å². The van der Waals surface area contributed by atoms with Crippen molar-refractivity contribution in [2.45, 2.75) is 25.5 Å². The van der Waals surface area contributed by atoms with E-state index in [-0.39, 0.29) is 23.2 Å². The van der Waals surface area contributed by atoms with Gasteiger partial charge in [0.15, 0.2) is 0 Å². The summed E-state index contributed by atoms with van der Waals surface area (Å²) in [5.41, 5.74) is 1.45. The van der Waals surface area contributed by atoms with Gasteiger partial charge >= 0.3 is 0 Å². The Morgan fingerprint density at radius 3 is 2.57 bits per heavy atom. The number of halogens is 2. The van der Waals surface area contributed by atoms with E-state index in [1.807, 2.05) is 25.1 Å². The quantitative estimate of drug-likeness (QED) is 0.852. The van der Waals surface area contributed by atoms with Crippen LogP contribution in [0, 0.1) is 5.82 Å². The Balaban J connectivity index is 1.89. The van der Waals surface area contributed by atoms with Crippen molar-refractivity contribution < 1.29 is 9.50 Å². The predicted octanol–water partition coefficient (Wildman–Crippen LogP) is 3.73. The standard InChI is InChI=1S/C17H19ClFNO/c1-12(10-13-6-3-2-4-7-13)20-11-16(21)14-8-5-9-15(18)17(14)19/h2-9,12,16,20-21H,10-11H2,1H3/t12?,16-/m0/s1. The number of hydrogen-bond donors (Lipinski definition) is 2. The maximum atomic E-state index is 13.8. The van der Waals surface area contributed by atoms with Crippen LogP contribution in [0.25, 0.3) is 0 Å². The highest BCUT2D eigenvalue weighted by atomic mass is 35.5. The molecule has 0 radical (unpaired) electrons. The average molecular weight is 308 g/mol. The van der Waals surface area contributed by atoms with E-state index < -0.39 is 11.9 Å². The lowest BCUT2D eigenvalue weighted by atomic mass is 10.1. The SMILES string of the molecule is CC(Cc1ccccc1)NC[C@H](O)c1cccc(Cl)c1F. The molecule has 0 aliphatic heterocycles. The first kappa shape index (κ1) is 16.0. The first-order valence-electron chi connectivity index (χ1n) is 6.97. The first-order chi connectivity index (χ1) is 10.1. The molecule has 0 aromatic heterocycles. The zero-order valence-corrected chi connectivity index (χ0v) is 12.6. The number of nitrogens with one attached hydrogen (secondary N) is 1. The largest absolute Gasteiger partial charge is 0.387 e. The van der Waals surface area contributed by atoms with Crippen molar-refractivity contribution in [3.05, 3.63) is 70.5 Å². The number of rotatable bonds is 6. The Kier molecular flexibility index (Phi) is 5.74. The summed E-state index contributed by atoms with van der Waals surface area (Å²) in [5, 5.41) is 13.3. The third-order valence-electron chi connectivity index (χ3n) is 3.38. The minimum Gasteiger partial charge on any atom is -0.387 e. The Bertz CT molecular complexity index is 576. The molecule has 0 bridgehead atoms. The van der Waals surface area contributed by atoms with Crippen LogP contribution in [0.4, 0.5) is 4.39 Å². The molecule has 0 saturated carbocycles. The fourth-order valence-electron chi connectivity index (χ4n) is 2.24. The Hall–Kier alpha value is -1.42. The predicted molar refractivity (Wildman–Crippen MR) is 84.0 cm³/mol. The van der Waals surface area contributed by atoms with E-state index in [2.05, 4.69) is 17.4 Å². The second-order valence-electron chi connectivity index (χ2n) is 5.16. The van der Waals surface area contributed by atoms with E-state index in [1.165, 1.54) is 11.6 Å². The van der Waals surface area contributed by atoms with Crippen molar-refractivity contribution in [1.29, 1.82) is 0 Å². The lowest BCUT2D eigenvalue weighted by molar-refractivity contribution is 0.166. The molecule has 1 unspecified atom stereocenters. The maximum Gasteiger partial charge on any atom is 0.147 e. The Morgan fingerprint density at radius 1 is 1.14 bits per heavy atom. The van der Waals surface area contributed by atoms with Gasteiger partial charge in [-0.3, -0.25) is 0 Å². The molecule has 0 heterocycles. The molecule has 0 aliphatic rings. The highest BCUT2D eigenvalue weighted by Gasteiger charge is 2.15. The van der Waals surface area contributed by atoms with Gasteiger partial charge < -0.3 is 10.4 Å². The van der Waals surface area contributed by atoms with Gasteiger partial charge in [0, 0.05) is 18.2 Å². The molecule has 2 nitrogen and oxygen atoms in total. The van der Waals surface area contributed by atoms with Crippen LogP contribution in [-0.4, -0.2) is 17.7 Å². The third kappa shape index (κ3) is 4.53. The Morgan fingerprint density at radius 2 is 1.86 bits per heavy atom. The van der Waals surface area contributed by atoms with Crippen LogP contribution in [0.3, 0.4) is 0 Å².